The van der Waals surface area contributed by atoms with Crippen molar-refractivity contribution in [2.24, 2.45) is 4.99 Å². The number of esters is 1. The molecule has 2 aliphatic heterocycles. The van der Waals surface area contributed by atoms with Crippen molar-refractivity contribution in [1.29, 1.82) is 0 Å². The number of hydrogen-bond acceptors (Lipinski definition) is 5. The van der Waals surface area contributed by atoms with E-state index in [1.54, 1.807) is 13.8 Å². The molecule has 2 aliphatic rings. The predicted octanol–water partition coefficient (Wildman–Crippen LogP) is 3.22. The maximum absolute atomic E-state index is 12.0. The fourth-order valence-electron chi connectivity index (χ4n) is 3.86. The summed E-state index contributed by atoms with van der Waals surface area (Å²) in [5.41, 5.74) is 4.44. The van der Waals surface area contributed by atoms with Gasteiger partial charge in [0.25, 0.3) is 0 Å². The second kappa shape index (κ2) is 7.50. The van der Waals surface area contributed by atoms with Gasteiger partial charge in [0.05, 0.1) is 12.3 Å². The lowest BCUT2D eigenvalue weighted by atomic mass is 10.1. The maximum atomic E-state index is 12.0. The van der Waals surface area contributed by atoms with Crippen LogP contribution in [0, 0.1) is 13.8 Å². The molecule has 0 spiro atoms. The number of ether oxygens (including phenoxy) is 1. The first-order chi connectivity index (χ1) is 12.4. The Morgan fingerprint density at radius 1 is 1.38 bits per heavy atom. The Hall–Kier alpha value is -2.34. The first kappa shape index (κ1) is 18.5. The molecule has 1 saturated heterocycles. The van der Waals surface area contributed by atoms with Crippen LogP contribution in [0.15, 0.2) is 28.1 Å². The molecular formula is C20H27N3O3. The summed E-state index contributed by atoms with van der Waals surface area (Å²) < 4.78 is 7.40. The topological polar surface area (TPSA) is 75.8 Å². The number of aliphatic hydroxyl groups excluding tert-OH is 1. The molecule has 1 aromatic rings. The second-order valence-electron chi connectivity index (χ2n) is 6.85. The van der Waals surface area contributed by atoms with Crippen molar-refractivity contribution >= 4 is 17.8 Å². The Bertz CT molecular complexity index is 809. The second-order valence-corrected chi connectivity index (χ2v) is 6.85. The Kier molecular flexibility index (Phi) is 5.32. The highest BCUT2D eigenvalue weighted by Crippen LogP contribution is 2.31. The third-order valence-corrected chi connectivity index (χ3v) is 5.10. The van der Waals surface area contributed by atoms with E-state index in [9.17, 15) is 9.90 Å². The van der Waals surface area contributed by atoms with Crippen molar-refractivity contribution in [2.75, 3.05) is 19.7 Å². The SMILES string of the molecule is CCOC(=O)C1=C(O)/C(=C\c2cc(C)n(C3CCNCC3)c2C)N=C1C. The third-order valence-electron chi connectivity index (χ3n) is 5.10. The van der Waals surface area contributed by atoms with Gasteiger partial charge in [-0.2, -0.15) is 0 Å². The number of aliphatic hydroxyl groups is 1. The van der Waals surface area contributed by atoms with Crippen LogP contribution in [0.5, 0.6) is 0 Å². The largest absolute Gasteiger partial charge is 0.505 e. The number of nitrogens with zero attached hydrogens (tertiary/aromatic N) is 2. The van der Waals surface area contributed by atoms with E-state index < -0.39 is 5.97 Å². The normalized spacial score (nSPS) is 20.0. The zero-order chi connectivity index (χ0) is 18.8. The summed E-state index contributed by atoms with van der Waals surface area (Å²) in [6.45, 7) is 9.99. The van der Waals surface area contributed by atoms with Gasteiger partial charge < -0.3 is 19.7 Å². The number of carbonyl (C=O) groups is 1. The van der Waals surface area contributed by atoms with E-state index in [1.165, 1.54) is 5.69 Å². The molecule has 6 nitrogen and oxygen atoms in total. The fraction of sp³-hybridized carbons (Fsp3) is 0.500. The number of hydrogen-bond donors (Lipinski definition) is 2. The van der Waals surface area contributed by atoms with Crippen molar-refractivity contribution in [1.82, 2.24) is 9.88 Å². The molecule has 6 heteroatoms. The Balaban J connectivity index is 1.95. The number of aryl methyl sites for hydroxylation is 1. The van der Waals surface area contributed by atoms with Crippen molar-refractivity contribution in [2.45, 2.75) is 46.6 Å². The van der Waals surface area contributed by atoms with Crippen LogP contribution in [0.25, 0.3) is 6.08 Å². The maximum Gasteiger partial charge on any atom is 0.343 e. The van der Waals surface area contributed by atoms with Crippen LogP contribution >= 0.6 is 0 Å². The lowest BCUT2D eigenvalue weighted by Gasteiger charge is -2.27. The minimum atomic E-state index is -0.533. The molecule has 0 atom stereocenters. The van der Waals surface area contributed by atoms with Crippen LogP contribution in [-0.4, -0.2) is 41.1 Å². The highest BCUT2D eigenvalue weighted by molar-refractivity contribution is 6.22. The minimum Gasteiger partial charge on any atom is -0.505 e. The summed E-state index contributed by atoms with van der Waals surface area (Å²) in [5, 5.41) is 13.9. The highest BCUT2D eigenvalue weighted by Gasteiger charge is 2.28. The van der Waals surface area contributed by atoms with E-state index in [2.05, 4.69) is 34.8 Å². The molecule has 2 N–H and O–H groups in total. The van der Waals surface area contributed by atoms with Crippen LogP contribution in [0.4, 0.5) is 0 Å². The average Bonchev–Trinajstić information content (AvgIpc) is 3.04. The molecule has 0 radical (unpaired) electrons. The van der Waals surface area contributed by atoms with Gasteiger partial charge in [0.2, 0.25) is 0 Å². The summed E-state index contributed by atoms with van der Waals surface area (Å²) >= 11 is 0. The van der Waals surface area contributed by atoms with Crippen LogP contribution in [0.3, 0.4) is 0 Å². The zero-order valence-corrected chi connectivity index (χ0v) is 15.9. The van der Waals surface area contributed by atoms with Gasteiger partial charge in [0, 0.05) is 17.4 Å². The van der Waals surface area contributed by atoms with Gasteiger partial charge in [-0.25, -0.2) is 9.79 Å². The molecule has 0 aromatic carbocycles. The van der Waals surface area contributed by atoms with Crippen LogP contribution in [-0.2, 0) is 9.53 Å². The van der Waals surface area contributed by atoms with E-state index in [-0.39, 0.29) is 17.9 Å². The van der Waals surface area contributed by atoms with E-state index in [1.807, 2.05) is 6.08 Å². The highest BCUT2D eigenvalue weighted by atomic mass is 16.5. The number of rotatable bonds is 4. The zero-order valence-electron chi connectivity index (χ0n) is 15.9. The van der Waals surface area contributed by atoms with Crippen LogP contribution in [0.2, 0.25) is 0 Å². The standard InChI is InChI=1S/C20H27N3O3/c1-5-26-20(25)18-13(3)22-17(19(18)24)11-15-10-12(2)23(14(15)4)16-6-8-21-9-7-16/h10-11,16,21,24H,5-9H2,1-4H3/b17-11+. The van der Waals surface area contributed by atoms with Gasteiger partial charge in [-0.15, -0.1) is 0 Å². The molecule has 0 saturated carbocycles. The number of piperidine rings is 1. The predicted molar refractivity (Wildman–Crippen MR) is 102 cm³/mol. The molecule has 140 valence electrons. The summed E-state index contributed by atoms with van der Waals surface area (Å²) in [4.78, 5) is 16.4. The van der Waals surface area contributed by atoms with Crippen molar-refractivity contribution in [3.05, 3.63) is 40.0 Å². The van der Waals surface area contributed by atoms with E-state index in [0.29, 0.717) is 17.5 Å². The van der Waals surface area contributed by atoms with Gasteiger partial charge in [-0.05, 0) is 71.3 Å². The first-order valence-electron chi connectivity index (χ1n) is 9.21. The molecule has 3 rings (SSSR count). The first-order valence-corrected chi connectivity index (χ1v) is 9.21. The third kappa shape index (κ3) is 3.33. The van der Waals surface area contributed by atoms with E-state index in [4.69, 9.17) is 4.74 Å². The lowest BCUT2D eigenvalue weighted by Crippen LogP contribution is -2.30. The minimum absolute atomic E-state index is 0.104. The summed E-state index contributed by atoms with van der Waals surface area (Å²) in [6.07, 6.45) is 4.08. The number of nitrogens with one attached hydrogen (secondary N) is 1. The lowest BCUT2D eigenvalue weighted by molar-refractivity contribution is -0.138. The van der Waals surface area contributed by atoms with Crippen LogP contribution < -0.4 is 5.32 Å². The molecule has 0 bridgehead atoms. The monoisotopic (exact) mass is 357 g/mol. The fourth-order valence-corrected chi connectivity index (χ4v) is 3.86. The number of aromatic nitrogens is 1. The Morgan fingerprint density at radius 3 is 2.73 bits per heavy atom. The molecule has 0 amide bonds. The molecule has 0 aliphatic carbocycles. The van der Waals surface area contributed by atoms with Crippen molar-refractivity contribution in [3.8, 4) is 0 Å². The average molecular weight is 357 g/mol. The molecule has 1 aromatic heterocycles. The molecular weight excluding hydrogens is 330 g/mol. The number of aliphatic imine (C=N–C) groups is 1. The quantitative estimate of drug-likeness (QED) is 0.811. The van der Waals surface area contributed by atoms with Gasteiger partial charge in [-0.1, -0.05) is 0 Å². The molecule has 26 heavy (non-hydrogen) atoms. The molecule has 0 unspecified atom stereocenters. The van der Waals surface area contributed by atoms with Gasteiger partial charge in [-0.3, -0.25) is 0 Å². The summed E-state index contributed by atoms with van der Waals surface area (Å²) in [5.74, 6) is -0.637. The van der Waals surface area contributed by atoms with E-state index in [0.717, 1.165) is 37.2 Å². The Morgan fingerprint density at radius 2 is 2.08 bits per heavy atom. The van der Waals surface area contributed by atoms with E-state index >= 15 is 0 Å². The molecule has 1 fully saturated rings. The van der Waals surface area contributed by atoms with Gasteiger partial charge >= 0.3 is 5.97 Å². The summed E-state index contributed by atoms with van der Waals surface area (Å²) in [7, 11) is 0. The van der Waals surface area contributed by atoms with Gasteiger partial charge in [0.15, 0.2) is 5.76 Å². The molecule has 3 heterocycles. The van der Waals surface area contributed by atoms with Crippen LogP contribution in [0.1, 0.15) is 49.7 Å². The smallest absolute Gasteiger partial charge is 0.343 e. The van der Waals surface area contributed by atoms with Crippen molar-refractivity contribution < 1.29 is 14.6 Å². The van der Waals surface area contributed by atoms with Gasteiger partial charge in [0.1, 0.15) is 11.3 Å². The number of carbonyl (C=O) groups excluding carboxylic acids is 1. The Labute approximate surface area is 154 Å². The summed E-state index contributed by atoms with van der Waals surface area (Å²) in [6, 6.07) is 2.61. The van der Waals surface area contributed by atoms with Crippen molar-refractivity contribution in [3.63, 3.8) is 0 Å².